The molecule has 0 rings (SSSR count). The lowest BCUT2D eigenvalue weighted by atomic mass is 10.1. The van der Waals surface area contributed by atoms with Crippen molar-refractivity contribution in [3.8, 4) is 0 Å². The molecule has 2 N–H and O–H groups in total. The van der Waals surface area contributed by atoms with E-state index in [2.05, 4.69) is 5.16 Å². The van der Waals surface area contributed by atoms with Gasteiger partial charge in [0.05, 0.1) is 0 Å². The molecule has 0 atom stereocenters. The number of carboxylic acid groups (broad SMARTS) is 1. The predicted octanol–water partition coefficient (Wildman–Crippen LogP) is 1.87. The van der Waals surface area contributed by atoms with Gasteiger partial charge in [-0.2, -0.15) is 0 Å². The number of carbonyl (C=O) groups is 1. The highest BCUT2D eigenvalue weighted by Crippen LogP contribution is 2.04. The monoisotopic (exact) mass is 173 g/mol. The van der Waals surface area contributed by atoms with Crippen LogP contribution in [-0.4, -0.2) is 22.5 Å². The van der Waals surface area contributed by atoms with Crippen molar-refractivity contribution < 1.29 is 15.1 Å². The van der Waals surface area contributed by atoms with Gasteiger partial charge in [0.1, 0.15) is 0 Å². The van der Waals surface area contributed by atoms with Gasteiger partial charge in [-0.15, -0.1) is 5.16 Å². The standard InChI is InChI=1S/C8H15NO3/c10-8(11)6-4-2-1-3-5-7-9-12/h7,12H,1-6H2,(H,10,11)/b9-7+. The van der Waals surface area contributed by atoms with Crippen molar-refractivity contribution in [1.82, 2.24) is 0 Å². The summed E-state index contributed by atoms with van der Waals surface area (Å²) in [5.74, 6) is -0.730. The Bertz CT molecular complexity index is 145. The Morgan fingerprint density at radius 3 is 2.50 bits per heavy atom. The van der Waals surface area contributed by atoms with Gasteiger partial charge in [0.15, 0.2) is 0 Å². The van der Waals surface area contributed by atoms with E-state index in [1.54, 1.807) is 0 Å². The van der Waals surface area contributed by atoms with Crippen LogP contribution in [0.5, 0.6) is 0 Å². The number of nitrogens with zero attached hydrogens (tertiary/aromatic N) is 1. The fraction of sp³-hybridized carbons (Fsp3) is 0.750. The molecule has 0 spiro atoms. The summed E-state index contributed by atoms with van der Waals surface area (Å²) in [5, 5.41) is 19.2. The third kappa shape index (κ3) is 8.94. The first-order valence-electron chi connectivity index (χ1n) is 4.15. The quantitative estimate of drug-likeness (QED) is 0.267. The van der Waals surface area contributed by atoms with E-state index in [1.807, 2.05) is 0 Å². The molecule has 0 bridgehead atoms. The molecule has 0 saturated heterocycles. The fourth-order valence-electron chi connectivity index (χ4n) is 0.923. The molecular formula is C8H15NO3. The minimum Gasteiger partial charge on any atom is -0.481 e. The summed E-state index contributed by atoms with van der Waals surface area (Å²) in [5.41, 5.74) is 0. The van der Waals surface area contributed by atoms with Gasteiger partial charge in [0.2, 0.25) is 0 Å². The summed E-state index contributed by atoms with van der Waals surface area (Å²) in [6.07, 6.45) is 6.12. The van der Waals surface area contributed by atoms with E-state index in [0.717, 1.165) is 32.1 Å². The molecule has 0 aromatic rings. The van der Waals surface area contributed by atoms with Crippen LogP contribution in [-0.2, 0) is 4.79 Å². The van der Waals surface area contributed by atoms with Gasteiger partial charge in [0.25, 0.3) is 0 Å². The maximum Gasteiger partial charge on any atom is 0.303 e. The Morgan fingerprint density at radius 1 is 1.25 bits per heavy atom. The van der Waals surface area contributed by atoms with Crippen LogP contribution in [0.15, 0.2) is 5.16 Å². The van der Waals surface area contributed by atoms with E-state index in [9.17, 15) is 4.79 Å². The topological polar surface area (TPSA) is 69.9 Å². The number of hydrogen-bond donors (Lipinski definition) is 2. The van der Waals surface area contributed by atoms with Crippen molar-refractivity contribution in [3.63, 3.8) is 0 Å². The Balaban J connectivity index is 2.96. The van der Waals surface area contributed by atoms with Crippen LogP contribution in [0.25, 0.3) is 0 Å². The molecule has 0 amide bonds. The van der Waals surface area contributed by atoms with Crippen molar-refractivity contribution in [1.29, 1.82) is 0 Å². The average Bonchev–Trinajstić information content (AvgIpc) is 2.02. The van der Waals surface area contributed by atoms with Crippen molar-refractivity contribution in [3.05, 3.63) is 0 Å². The van der Waals surface area contributed by atoms with Crippen LogP contribution in [0.2, 0.25) is 0 Å². The third-order valence-electron chi connectivity index (χ3n) is 1.56. The fourth-order valence-corrected chi connectivity index (χ4v) is 0.923. The van der Waals surface area contributed by atoms with E-state index < -0.39 is 5.97 Å². The molecule has 0 aliphatic rings. The van der Waals surface area contributed by atoms with Crippen molar-refractivity contribution in [2.45, 2.75) is 38.5 Å². The molecule has 0 saturated carbocycles. The summed E-state index contributed by atoms with van der Waals surface area (Å²) in [6.45, 7) is 0. The third-order valence-corrected chi connectivity index (χ3v) is 1.56. The van der Waals surface area contributed by atoms with Crippen molar-refractivity contribution in [2.24, 2.45) is 5.16 Å². The van der Waals surface area contributed by atoms with Crippen LogP contribution < -0.4 is 0 Å². The van der Waals surface area contributed by atoms with E-state index >= 15 is 0 Å². The predicted molar refractivity (Wildman–Crippen MR) is 45.6 cm³/mol. The van der Waals surface area contributed by atoms with E-state index in [0.29, 0.717) is 0 Å². The number of rotatable bonds is 7. The molecule has 0 aromatic carbocycles. The van der Waals surface area contributed by atoms with Gasteiger partial charge >= 0.3 is 5.97 Å². The van der Waals surface area contributed by atoms with E-state index in [1.165, 1.54) is 6.21 Å². The number of hydrogen-bond acceptors (Lipinski definition) is 3. The van der Waals surface area contributed by atoms with Gasteiger partial charge in [-0.05, 0) is 19.3 Å². The highest BCUT2D eigenvalue weighted by Gasteiger charge is 1.95. The number of aliphatic carboxylic acids is 1. The summed E-state index contributed by atoms with van der Waals surface area (Å²) in [6, 6.07) is 0. The SMILES string of the molecule is O=C(O)CCCCCC/C=N/O. The second-order valence-electron chi connectivity index (χ2n) is 2.64. The maximum atomic E-state index is 10.1. The molecule has 0 heterocycles. The lowest BCUT2D eigenvalue weighted by molar-refractivity contribution is -0.137. The van der Waals surface area contributed by atoms with E-state index in [4.69, 9.17) is 10.3 Å². The van der Waals surface area contributed by atoms with Crippen LogP contribution in [0.4, 0.5) is 0 Å². The van der Waals surface area contributed by atoms with Crippen molar-refractivity contribution >= 4 is 12.2 Å². The smallest absolute Gasteiger partial charge is 0.303 e. The number of oxime groups is 1. The van der Waals surface area contributed by atoms with Gasteiger partial charge in [0, 0.05) is 12.6 Å². The normalized spacial score (nSPS) is 10.7. The first-order chi connectivity index (χ1) is 5.77. The molecule has 70 valence electrons. The molecule has 4 heteroatoms. The van der Waals surface area contributed by atoms with Crippen LogP contribution >= 0.6 is 0 Å². The second-order valence-corrected chi connectivity index (χ2v) is 2.64. The molecule has 0 aromatic heterocycles. The van der Waals surface area contributed by atoms with Crippen molar-refractivity contribution in [2.75, 3.05) is 0 Å². The largest absolute Gasteiger partial charge is 0.481 e. The molecule has 0 unspecified atom stereocenters. The first-order valence-corrected chi connectivity index (χ1v) is 4.15. The summed E-state index contributed by atoms with van der Waals surface area (Å²) < 4.78 is 0. The lowest BCUT2D eigenvalue weighted by Crippen LogP contribution is -1.93. The van der Waals surface area contributed by atoms with Gasteiger partial charge < -0.3 is 10.3 Å². The Labute approximate surface area is 71.9 Å². The second kappa shape index (κ2) is 8.04. The van der Waals surface area contributed by atoms with Gasteiger partial charge in [-0.3, -0.25) is 4.79 Å². The average molecular weight is 173 g/mol. The van der Waals surface area contributed by atoms with Crippen LogP contribution in [0, 0.1) is 0 Å². The summed E-state index contributed by atoms with van der Waals surface area (Å²) >= 11 is 0. The zero-order valence-electron chi connectivity index (χ0n) is 7.07. The van der Waals surface area contributed by atoms with Gasteiger partial charge in [-0.25, -0.2) is 0 Å². The first kappa shape index (κ1) is 10.9. The minimum absolute atomic E-state index is 0.258. The highest BCUT2D eigenvalue weighted by molar-refractivity contribution is 5.66. The molecular weight excluding hydrogens is 158 g/mol. The zero-order chi connectivity index (χ0) is 9.23. The molecule has 12 heavy (non-hydrogen) atoms. The Morgan fingerprint density at radius 2 is 1.92 bits per heavy atom. The number of carboxylic acids is 1. The highest BCUT2D eigenvalue weighted by atomic mass is 16.4. The minimum atomic E-state index is -0.730. The van der Waals surface area contributed by atoms with E-state index in [-0.39, 0.29) is 6.42 Å². The van der Waals surface area contributed by atoms with Gasteiger partial charge in [-0.1, -0.05) is 12.8 Å². The molecule has 4 nitrogen and oxygen atoms in total. The molecule has 0 aliphatic heterocycles. The molecule has 0 fully saturated rings. The number of unbranched alkanes of at least 4 members (excludes halogenated alkanes) is 4. The summed E-state index contributed by atoms with van der Waals surface area (Å²) in [7, 11) is 0. The Hall–Kier alpha value is -1.06. The summed E-state index contributed by atoms with van der Waals surface area (Å²) in [4.78, 5) is 10.1. The molecule has 0 aliphatic carbocycles. The Kier molecular flexibility index (Phi) is 7.33. The van der Waals surface area contributed by atoms with Crippen LogP contribution in [0.3, 0.4) is 0 Å². The van der Waals surface area contributed by atoms with Crippen LogP contribution in [0.1, 0.15) is 38.5 Å². The lowest BCUT2D eigenvalue weighted by Gasteiger charge is -1.95. The zero-order valence-corrected chi connectivity index (χ0v) is 7.07. The maximum absolute atomic E-state index is 10.1. The molecule has 0 radical (unpaired) electrons.